The van der Waals surface area contributed by atoms with Gasteiger partial charge in [0.15, 0.2) is 0 Å². The number of aromatic nitrogens is 2. The standard InChI is InChI=1S/C38H50F4N6O4/c1-10-24(15-22(2)23(3)27-18-43-31(45-27)29-16-37(39,40)20-47(29)33(49)51-35(4,5)6)25-11-13-26(14-12-25)28-19-44-32(46-28)30-17-38(41,42)21-48(30)34(50)52-36(7,8)9/h10-14,18,22,28-30H,3,15-17,19-21H2,1-2,4-9H3,(H,43,45)(H,44,46)/b24-10+/t22-,28?,29-,30-/m0/s1. The normalized spacial score (nSPS) is 23.7. The van der Waals surface area contributed by atoms with Crippen LogP contribution in [-0.2, 0) is 9.47 Å². The van der Waals surface area contributed by atoms with Crippen molar-refractivity contribution >= 4 is 29.2 Å². The van der Waals surface area contributed by atoms with Crippen molar-refractivity contribution in [2.75, 3.05) is 19.6 Å². The molecule has 0 radical (unpaired) electrons. The molecule has 3 aliphatic heterocycles. The Morgan fingerprint density at radius 1 is 0.962 bits per heavy atom. The van der Waals surface area contributed by atoms with E-state index in [2.05, 4.69) is 26.9 Å². The van der Waals surface area contributed by atoms with Crippen molar-refractivity contribution in [3.8, 4) is 0 Å². The number of carbonyl (C=O) groups is 2. The molecule has 1 unspecified atom stereocenters. The molecule has 2 aromatic rings. The van der Waals surface area contributed by atoms with Gasteiger partial charge in [0.1, 0.15) is 22.9 Å². The smallest absolute Gasteiger partial charge is 0.411 e. The van der Waals surface area contributed by atoms with Crippen LogP contribution in [0.2, 0.25) is 0 Å². The summed E-state index contributed by atoms with van der Waals surface area (Å²) in [4.78, 5) is 39.7. The van der Waals surface area contributed by atoms with Crippen LogP contribution in [0.25, 0.3) is 11.1 Å². The molecular formula is C38H50F4N6O4. The number of aliphatic imine (C=N–C) groups is 1. The van der Waals surface area contributed by atoms with E-state index in [0.717, 1.165) is 32.1 Å². The van der Waals surface area contributed by atoms with Crippen LogP contribution in [-0.4, -0.2) is 86.5 Å². The molecule has 0 aliphatic carbocycles. The summed E-state index contributed by atoms with van der Waals surface area (Å²) in [5.74, 6) is -5.58. The van der Waals surface area contributed by atoms with Crippen molar-refractivity contribution in [2.24, 2.45) is 10.9 Å². The highest BCUT2D eigenvalue weighted by molar-refractivity contribution is 5.92. The van der Waals surface area contributed by atoms with E-state index in [1.807, 2.05) is 44.2 Å². The maximum Gasteiger partial charge on any atom is 0.411 e. The molecule has 284 valence electrons. The maximum absolute atomic E-state index is 14.5. The number of likely N-dealkylation sites (tertiary alicyclic amines) is 2. The van der Waals surface area contributed by atoms with E-state index in [1.165, 1.54) is 0 Å². The number of hydrogen-bond donors (Lipinski definition) is 2. The number of amides is 2. The zero-order chi connectivity index (χ0) is 38.4. The second-order valence-corrected chi connectivity index (χ2v) is 16.0. The van der Waals surface area contributed by atoms with Gasteiger partial charge in [-0.3, -0.25) is 14.8 Å². The quantitative estimate of drug-likeness (QED) is 0.264. The van der Waals surface area contributed by atoms with Gasteiger partial charge in [-0.25, -0.2) is 32.1 Å². The predicted molar refractivity (Wildman–Crippen MR) is 191 cm³/mol. The number of amidine groups is 1. The largest absolute Gasteiger partial charge is 0.444 e. The Kier molecular flexibility index (Phi) is 10.6. The van der Waals surface area contributed by atoms with Crippen LogP contribution in [0.3, 0.4) is 0 Å². The van der Waals surface area contributed by atoms with E-state index in [-0.39, 0.29) is 17.8 Å². The molecule has 0 spiro atoms. The Morgan fingerprint density at radius 2 is 1.50 bits per heavy atom. The minimum atomic E-state index is -3.07. The molecule has 4 heterocycles. The van der Waals surface area contributed by atoms with Gasteiger partial charge < -0.3 is 19.8 Å². The monoisotopic (exact) mass is 730 g/mol. The van der Waals surface area contributed by atoms with Gasteiger partial charge in [0.25, 0.3) is 11.8 Å². The summed E-state index contributed by atoms with van der Waals surface area (Å²) >= 11 is 0. The summed E-state index contributed by atoms with van der Waals surface area (Å²) in [6, 6.07) is 5.81. The van der Waals surface area contributed by atoms with Crippen LogP contribution in [0.5, 0.6) is 0 Å². The first kappa shape index (κ1) is 38.9. The second kappa shape index (κ2) is 14.2. The summed E-state index contributed by atoms with van der Waals surface area (Å²) in [5, 5.41) is 3.27. The van der Waals surface area contributed by atoms with Crippen molar-refractivity contribution in [2.45, 2.75) is 116 Å². The number of hydrogen-bond acceptors (Lipinski definition) is 7. The van der Waals surface area contributed by atoms with E-state index in [4.69, 9.17) is 9.47 Å². The summed E-state index contributed by atoms with van der Waals surface area (Å²) in [6.07, 6.45) is 1.51. The SMILES string of the molecule is C=C(c1cnc([C@@H]2CC(F)(F)CN2C(=O)OC(C)(C)C)[nH]1)[C@@H](C)C/C(=C\C)c1ccc(C2CN=C([C@@H]3CC(F)(F)CN3C(=O)OC(C)(C)C)N2)cc1. The fourth-order valence-electron chi connectivity index (χ4n) is 6.72. The maximum atomic E-state index is 14.5. The number of H-pyrrole nitrogens is 1. The zero-order valence-corrected chi connectivity index (χ0v) is 31.2. The number of ether oxygens (including phenoxy) is 2. The number of alkyl halides is 4. The number of benzene rings is 1. The van der Waals surface area contributed by atoms with Gasteiger partial charge in [0.05, 0.1) is 49.7 Å². The van der Waals surface area contributed by atoms with Crippen molar-refractivity contribution in [3.05, 3.63) is 65.8 Å². The van der Waals surface area contributed by atoms with Crippen LogP contribution in [0.4, 0.5) is 27.2 Å². The molecule has 2 fully saturated rings. The fraction of sp³-hybridized carbons (Fsp3) is 0.579. The van der Waals surface area contributed by atoms with E-state index in [0.29, 0.717) is 24.5 Å². The third kappa shape index (κ3) is 9.16. The average Bonchev–Trinajstić information content (AvgIpc) is 3.82. The summed E-state index contributed by atoms with van der Waals surface area (Å²) in [7, 11) is 0. The van der Waals surface area contributed by atoms with Crippen LogP contribution in [0.15, 0.2) is 48.1 Å². The van der Waals surface area contributed by atoms with Gasteiger partial charge in [0.2, 0.25) is 0 Å². The molecule has 14 heteroatoms. The summed E-state index contributed by atoms with van der Waals surface area (Å²) < 4.78 is 68.8. The molecular weight excluding hydrogens is 680 g/mol. The average molecular weight is 731 g/mol. The molecule has 2 N–H and O–H groups in total. The number of aromatic amines is 1. The first-order valence-corrected chi connectivity index (χ1v) is 17.6. The molecule has 0 saturated carbocycles. The van der Waals surface area contributed by atoms with Gasteiger partial charge in [-0.05, 0) is 83.1 Å². The van der Waals surface area contributed by atoms with Gasteiger partial charge >= 0.3 is 12.2 Å². The highest BCUT2D eigenvalue weighted by Gasteiger charge is 2.52. The van der Waals surface area contributed by atoms with Gasteiger partial charge in [-0.2, -0.15) is 0 Å². The number of nitrogens with zero attached hydrogens (tertiary/aromatic N) is 4. The van der Waals surface area contributed by atoms with E-state index < -0.39 is 73.2 Å². The number of carbonyl (C=O) groups excluding carboxylic acids is 2. The lowest BCUT2D eigenvalue weighted by Gasteiger charge is -2.28. The highest BCUT2D eigenvalue weighted by Crippen LogP contribution is 2.42. The first-order chi connectivity index (χ1) is 24.0. The number of imidazole rings is 1. The molecule has 2 amide bonds. The van der Waals surface area contributed by atoms with Crippen molar-refractivity contribution in [1.82, 2.24) is 25.1 Å². The van der Waals surface area contributed by atoms with Gasteiger partial charge in [-0.15, -0.1) is 0 Å². The second-order valence-electron chi connectivity index (χ2n) is 16.0. The molecule has 52 heavy (non-hydrogen) atoms. The van der Waals surface area contributed by atoms with Crippen LogP contribution in [0, 0.1) is 5.92 Å². The Hall–Kier alpha value is -4.36. The molecule has 1 aromatic heterocycles. The lowest BCUT2D eigenvalue weighted by atomic mass is 9.89. The molecule has 0 bridgehead atoms. The topological polar surface area (TPSA) is 112 Å². The Morgan fingerprint density at radius 3 is 2.04 bits per heavy atom. The van der Waals surface area contributed by atoms with Gasteiger partial charge in [0, 0.05) is 12.8 Å². The first-order valence-electron chi connectivity index (χ1n) is 17.6. The number of nitrogens with one attached hydrogen (secondary N) is 2. The molecule has 4 atom stereocenters. The van der Waals surface area contributed by atoms with Crippen molar-refractivity contribution in [3.63, 3.8) is 0 Å². The number of allylic oxidation sites excluding steroid dienone is 3. The minimum absolute atomic E-state index is 0.0592. The Balaban J connectivity index is 1.21. The lowest BCUT2D eigenvalue weighted by molar-refractivity contribution is -0.00248. The van der Waals surface area contributed by atoms with Crippen molar-refractivity contribution < 1.29 is 36.6 Å². The predicted octanol–water partition coefficient (Wildman–Crippen LogP) is 8.56. The van der Waals surface area contributed by atoms with E-state index in [9.17, 15) is 27.2 Å². The third-order valence-corrected chi connectivity index (χ3v) is 9.29. The third-order valence-electron chi connectivity index (χ3n) is 9.29. The zero-order valence-electron chi connectivity index (χ0n) is 31.2. The van der Waals surface area contributed by atoms with E-state index >= 15 is 0 Å². The lowest BCUT2D eigenvalue weighted by Crippen LogP contribution is -2.46. The number of halogens is 4. The Bertz CT molecular complexity index is 1720. The summed E-state index contributed by atoms with van der Waals surface area (Å²) in [5.41, 5.74) is 2.65. The fourth-order valence-corrected chi connectivity index (χ4v) is 6.72. The van der Waals surface area contributed by atoms with E-state index in [1.54, 1.807) is 47.7 Å². The number of rotatable bonds is 8. The molecule has 1 aromatic carbocycles. The van der Waals surface area contributed by atoms with Crippen LogP contribution >= 0.6 is 0 Å². The molecule has 3 aliphatic rings. The Labute approximate surface area is 302 Å². The summed E-state index contributed by atoms with van der Waals surface area (Å²) in [6.45, 7) is 17.2. The highest BCUT2D eigenvalue weighted by atomic mass is 19.3. The molecule has 10 nitrogen and oxygen atoms in total. The minimum Gasteiger partial charge on any atom is -0.444 e. The van der Waals surface area contributed by atoms with Crippen LogP contribution in [0.1, 0.15) is 109 Å². The molecule has 5 rings (SSSR count). The molecule has 2 saturated heterocycles. The van der Waals surface area contributed by atoms with Crippen molar-refractivity contribution in [1.29, 1.82) is 0 Å². The van der Waals surface area contributed by atoms with Crippen LogP contribution < -0.4 is 5.32 Å². The van der Waals surface area contributed by atoms with Gasteiger partial charge in [-0.1, -0.05) is 43.8 Å².